The van der Waals surface area contributed by atoms with Gasteiger partial charge in [-0.2, -0.15) is 4.68 Å². The van der Waals surface area contributed by atoms with Crippen molar-refractivity contribution in [1.82, 2.24) is 20.2 Å². The number of aryl methyl sites for hydroxylation is 2. The second kappa shape index (κ2) is 7.55. The monoisotopic (exact) mass is 395 g/mol. The van der Waals surface area contributed by atoms with Gasteiger partial charge in [0.15, 0.2) is 5.82 Å². The van der Waals surface area contributed by atoms with Crippen molar-refractivity contribution in [2.45, 2.75) is 58.4 Å². The number of rotatable bonds is 4. The lowest BCUT2D eigenvalue weighted by Crippen LogP contribution is -2.40. The molecule has 2 aromatic carbocycles. The van der Waals surface area contributed by atoms with Gasteiger partial charge in [0.2, 0.25) is 0 Å². The third kappa shape index (κ3) is 3.39. The van der Waals surface area contributed by atoms with Crippen LogP contribution in [0.1, 0.15) is 54.6 Å². The molecular weight excluding hydrogens is 370 g/mol. The van der Waals surface area contributed by atoms with Crippen LogP contribution in [0.2, 0.25) is 5.02 Å². The van der Waals surface area contributed by atoms with Gasteiger partial charge in [0, 0.05) is 10.7 Å². The molecule has 1 aromatic heterocycles. The predicted octanol–water partition coefficient (Wildman–Crippen LogP) is 5.51. The van der Waals surface area contributed by atoms with E-state index in [1.54, 1.807) is 0 Å². The van der Waals surface area contributed by atoms with Gasteiger partial charge in [-0.3, -0.25) is 0 Å². The SMILES string of the molecule is Cc1ccc(NC2(c3nnnn3-c3cccc(Cl)c3C)CCCCC2)c(C)c1. The van der Waals surface area contributed by atoms with Crippen LogP contribution in [-0.4, -0.2) is 20.2 Å². The quantitative estimate of drug-likeness (QED) is 0.632. The first-order valence-electron chi connectivity index (χ1n) is 9.90. The van der Waals surface area contributed by atoms with E-state index in [2.05, 4.69) is 52.9 Å². The van der Waals surface area contributed by atoms with Gasteiger partial charge in [0.1, 0.15) is 0 Å². The number of tetrazole rings is 1. The van der Waals surface area contributed by atoms with Crippen molar-refractivity contribution in [2.24, 2.45) is 0 Å². The standard InChI is InChI=1S/C22H26ClN5/c1-15-10-11-19(16(2)14-15)24-22(12-5-4-6-13-22)21-25-26-27-28(21)20-9-7-8-18(23)17(20)3/h7-11,14,24H,4-6,12-13H2,1-3H3. The molecule has 0 saturated heterocycles. The molecule has 3 aromatic rings. The Morgan fingerprint density at radius 3 is 2.57 bits per heavy atom. The van der Waals surface area contributed by atoms with Crippen molar-refractivity contribution < 1.29 is 0 Å². The lowest BCUT2D eigenvalue weighted by Gasteiger charge is -2.38. The fourth-order valence-electron chi connectivity index (χ4n) is 4.24. The third-order valence-electron chi connectivity index (χ3n) is 5.83. The molecular formula is C22H26ClN5. The zero-order valence-electron chi connectivity index (χ0n) is 16.7. The summed E-state index contributed by atoms with van der Waals surface area (Å²) in [7, 11) is 0. The summed E-state index contributed by atoms with van der Waals surface area (Å²) in [6.45, 7) is 6.28. The molecule has 0 bridgehead atoms. The van der Waals surface area contributed by atoms with E-state index in [0.717, 1.165) is 53.5 Å². The van der Waals surface area contributed by atoms with Crippen LogP contribution < -0.4 is 5.32 Å². The first kappa shape index (κ1) is 18.9. The predicted molar refractivity (Wildman–Crippen MR) is 113 cm³/mol. The van der Waals surface area contributed by atoms with Crippen LogP contribution in [0.3, 0.4) is 0 Å². The fraction of sp³-hybridized carbons (Fsp3) is 0.409. The van der Waals surface area contributed by atoms with E-state index in [1.165, 1.54) is 17.5 Å². The maximum Gasteiger partial charge on any atom is 0.181 e. The fourth-order valence-corrected chi connectivity index (χ4v) is 4.41. The number of nitrogens with zero attached hydrogens (tertiary/aromatic N) is 4. The molecule has 1 heterocycles. The minimum absolute atomic E-state index is 0.295. The van der Waals surface area contributed by atoms with Crippen LogP contribution in [0, 0.1) is 20.8 Å². The lowest BCUT2D eigenvalue weighted by atomic mass is 9.80. The molecule has 1 fully saturated rings. The summed E-state index contributed by atoms with van der Waals surface area (Å²) in [5.74, 6) is 0.859. The molecule has 0 aliphatic heterocycles. The molecule has 0 spiro atoms. The highest BCUT2D eigenvalue weighted by Crippen LogP contribution is 2.40. The number of nitrogens with one attached hydrogen (secondary N) is 1. The summed E-state index contributed by atoms with van der Waals surface area (Å²) in [6, 6.07) is 12.4. The highest BCUT2D eigenvalue weighted by atomic mass is 35.5. The van der Waals surface area contributed by atoms with E-state index in [0.29, 0.717) is 0 Å². The van der Waals surface area contributed by atoms with E-state index in [4.69, 9.17) is 11.6 Å². The van der Waals surface area contributed by atoms with Crippen LogP contribution in [-0.2, 0) is 5.54 Å². The van der Waals surface area contributed by atoms with E-state index in [1.807, 2.05) is 29.8 Å². The average molecular weight is 396 g/mol. The van der Waals surface area contributed by atoms with Crippen LogP contribution in [0.25, 0.3) is 5.69 Å². The van der Waals surface area contributed by atoms with Crippen molar-refractivity contribution in [2.75, 3.05) is 5.32 Å². The van der Waals surface area contributed by atoms with Gasteiger partial charge in [0.05, 0.1) is 11.2 Å². The van der Waals surface area contributed by atoms with Crippen molar-refractivity contribution in [3.8, 4) is 5.69 Å². The van der Waals surface area contributed by atoms with Gasteiger partial charge >= 0.3 is 0 Å². The van der Waals surface area contributed by atoms with Gasteiger partial charge in [-0.25, -0.2) is 0 Å². The maximum absolute atomic E-state index is 6.37. The summed E-state index contributed by atoms with van der Waals surface area (Å²) < 4.78 is 1.86. The second-order valence-electron chi connectivity index (χ2n) is 7.88. The summed E-state index contributed by atoms with van der Waals surface area (Å²) in [4.78, 5) is 0. The van der Waals surface area contributed by atoms with Crippen LogP contribution in [0.4, 0.5) is 5.69 Å². The Labute approximate surface area is 171 Å². The number of benzene rings is 2. The van der Waals surface area contributed by atoms with Crippen molar-refractivity contribution in [1.29, 1.82) is 0 Å². The molecule has 0 radical (unpaired) electrons. The lowest BCUT2D eigenvalue weighted by molar-refractivity contribution is 0.309. The molecule has 146 valence electrons. The summed E-state index contributed by atoms with van der Waals surface area (Å²) in [6.07, 6.45) is 5.55. The van der Waals surface area contributed by atoms with E-state index in [-0.39, 0.29) is 5.54 Å². The number of aromatic nitrogens is 4. The molecule has 1 N–H and O–H groups in total. The third-order valence-corrected chi connectivity index (χ3v) is 6.24. The van der Waals surface area contributed by atoms with Gasteiger partial charge in [-0.05, 0) is 73.4 Å². The molecule has 0 unspecified atom stereocenters. The molecule has 1 aliphatic carbocycles. The Morgan fingerprint density at radius 1 is 1.04 bits per heavy atom. The second-order valence-corrected chi connectivity index (χ2v) is 8.29. The number of halogens is 1. The topological polar surface area (TPSA) is 55.6 Å². The largest absolute Gasteiger partial charge is 0.372 e. The van der Waals surface area contributed by atoms with E-state index < -0.39 is 0 Å². The number of anilines is 1. The zero-order valence-corrected chi connectivity index (χ0v) is 17.4. The summed E-state index contributed by atoms with van der Waals surface area (Å²) in [5, 5.41) is 17.5. The minimum Gasteiger partial charge on any atom is -0.372 e. The van der Waals surface area contributed by atoms with E-state index in [9.17, 15) is 0 Å². The normalized spacial score (nSPS) is 16.1. The smallest absolute Gasteiger partial charge is 0.181 e. The molecule has 1 aliphatic rings. The Hall–Kier alpha value is -2.40. The summed E-state index contributed by atoms with van der Waals surface area (Å²) >= 11 is 6.37. The Balaban J connectivity index is 1.81. The summed E-state index contributed by atoms with van der Waals surface area (Å²) in [5.41, 5.74) is 5.26. The van der Waals surface area contributed by atoms with Gasteiger partial charge in [-0.15, -0.1) is 5.10 Å². The van der Waals surface area contributed by atoms with Crippen molar-refractivity contribution >= 4 is 17.3 Å². The Morgan fingerprint density at radius 2 is 1.82 bits per heavy atom. The molecule has 28 heavy (non-hydrogen) atoms. The Kier molecular flexibility index (Phi) is 5.11. The van der Waals surface area contributed by atoms with Crippen molar-refractivity contribution in [3.63, 3.8) is 0 Å². The maximum atomic E-state index is 6.37. The van der Waals surface area contributed by atoms with Gasteiger partial charge < -0.3 is 5.32 Å². The van der Waals surface area contributed by atoms with E-state index >= 15 is 0 Å². The van der Waals surface area contributed by atoms with Gasteiger partial charge in [0.25, 0.3) is 0 Å². The molecule has 0 amide bonds. The molecule has 6 heteroatoms. The Bertz CT molecular complexity index is 988. The first-order valence-corrected chi connectivity index (χ1v) is 10.3. The molecule has 0 atom stereocenters. The van der Waals surface area contributed by atoms with Crippen LogP contribution in [0.15, 0.2) is 36.4 Å². The zero-order chi connectivity index (χ0) is 19.7. The van der Waals surface area contributed by atoms with Crippen LogP contribution in [0.5, 0.6) is 0 Å². The molecule has 4 rings (SSSR count). The number of hydrogen-bond donors (Lipinski definition) is 1. The van der Waals surface area contributed by atoms with Crippen molar-refractivity contribution in [3.05, 3.63) is 63.9 Å². The first-order chi connectivity index (χ1) is 13.5. The average Bonchev–Trinajstić information content (AvgIpc) is 3.17. The minimum atomic E-state index is -0.295. The highest BCUT2D eigenvalue weighted by Gasteiger charge is 2.39. The molecule has 5 nitrogen and oxygen atoms in total. The molecule has 1 saturated carbocycles. The van der Waals surface area contributed by atoms with Gasteiger partial charge in [-0.1, -0.05) is 54.6 Å². The van der Waals surface area contributed by atoms with Crippen LogP contribution >= 0.6 is 11.6 Å². The number of hydrogen-bond acceptors (Lipinski definition) is 4. The highest BCUT2D eigenvalue weighted by molar-refractivity contribution is 6.31.